The van der Waals surface area contributed by atoms with E-state index in [1.807, 2.05) is 13.8 Å². The predicted molar refractivity (Wildman–Crippen MR) is 57.8 cm³/mol. The first kappa shape index (κ1) is 12.9. The maximum absolute atomic E-state index is 9.66. The molecular formula is C11H25NO. The van der Waals surface area contributed by atoms with Gasteiger partial charge in [0.15, 0.2) is 0 Å². The zero-order valence-electron chi connectivity index (χ0n) is 10.2. The number of hydrogen-bond donors (Lipinski definition) is 1. The van der Waals surface area contributed by atoms with E-state index in [2.05, 4.69) is 39.6 Å². The molecule has 0 spiro atoms. The van der Waals surface area contributed by atoms with Gasteiger partial charge in [0.2, 0.25) is 0 Å². The van der Waals surface area contributed by atoms with E-state index in [9.17, 15) is 5.11 Å². The molecule has 1 N–H and O–H groups in total. The summed E-state index contributed by atoms with van der Waals surface area (Å²) in [5, 5.41) is 9.66. The molecule has 0 fully saturated rings. The molecule has 0 aromatic heterocycles. The van der Waals surface area contributed by atoms with Gasteiger partial charge in [-0.3, -0.25) is 0 Å². The maximum Gasteiger partial charge on any atom is 0.0718 e. The molecule has 0 bridgehead atoms. The predicted octanol–water partition coefficient (Wildman–Crippen LogP) is 2.12. The number of rotatable bonds is 3. The molecule has 1 atom stereocenters. The third kappa shape index (κ3) is 5.27. The smallest absolute Gasteiger partial charge is 0.0718 e. The lowest BCUT2D eigenvalue weighted by Crippen LogP contribution is -2.46. The lowest BCUT2D eigenvalue weighted by molar-refractivity contribution is 0.0153. The summed E-state index contributed by atoms with van der Waals surface area (Å²) in [4.78, 5) is 2.21. The van der Waals surface area contributed by atoms with Crippen LogP contribution in [0.15, 0.2) is 0 Å². The van der Waals surface area contributed by atoms with Crippen LogP contribution in [0.5, 0.6) is 0 Å². The van der Waals surface area contributed by atoms with E-state index in [1.54, 1.807) is 0 Å². The van der Waals surface area contributed by atoms with E-state index in [4.69, 9.17) is 0 Å². The summed E-state index contributed by atoms with van der Waals surface area (Å²) >= 11 is 0. The topological polar surface area (TPSA) is 23.5 Å². The van der Waals surface area contributed by atoms with Crippen LogP contribution in [0.3, 0.4) is 0 Å². The molecular weight excluding hydrogens is 162 g/mol. The third-order valence-corrected chi connectivity index (χ3v) is 2.55. The SMILES string of the molecule is CC(N(C)CC(C)(C)O)C(C)(C)C. The van der Waals surface area contributed by atoms with Crippen molar-refractivity contribution in [1.29, 1.82) is 0 Å². The van der Waals surface area contributed by atoms with Gasteiger partial charge < -0.3 is 10.0 Å². The van der Waals surface area contributed by atoms with Crippen LogP contribution in [0.4, 0.5) is 0 Å². The van der Waals surface area contributed by atoms with Gasteiger partial charge in [0.25, 0.3) is 0 Å². The highest BCUT2D eigenvalue weighted by Gasteiger charge is 2.26. The Morgan fingerprint density at radius 1 is 1.15 bits per heavy atom. The van der Waals surface area contributed by atoms with Crippen molar-refractivity contribution in [2.45, 2.75) is 53.2 Å². The summed E-state index contributed by atoms with van der Waals surface area (Å²) in [6, 6.07) is 0.471. The fourth-order valence-electron chi connectivity index (χ4n) is 1.41. The summed E-state index contributed by atoms with van der Waals surface area (Å²) in [6.07, 6.45) is 0. The van der Waals surface area contributed by atoms with Crippen molar-refractivity contribution in [2.75, 3.05) is 13.6 Å². The van der Waals surface area contributed by atoms with Gasteiger partial charge in [-0.05, 0) is 33.2 Å². The molecule has 2 nitrogen and oxygen atoms in total. The van der Waals surface area contributed by atoms with E-state index >= 15 is 0 Å². The first-order valence-electron chi connectivity index (χ1n) is 4.96. The second kappa shape index (κ2) is 3.97. The molecule has 0 aromatic rings. The lowest BCUT2D eigenvalue weighted by atomic mass is 9.86. The summed E-state index contributed by atoms with van der Waals surface area (Å²) in [7, 11) is 2.06. The van der Waals surface area contributed by atoms with E-state index in [0.29, 0.717) is 12.6 Å². The van der Waals surface area contributed by atoms with Crippen LogP contribution in [0.25, 0.3) is 0 Å². The van der Waals surface area contributed by atoms with Gasteiger partial charge in [-0.25, -0.2) is 0 Å². The van der Waals surface area contributed by atoms with Gasteiger partial charge in [0, 0.05) is 12.6 Å². The Balaban J connectivity index is 4.20. The average Bonchev–Trinajstić information content (AvgIpc) is 1.79. The number of likely N-dealkylation sites (N-methyl/N-ethyl adjacent to an activating group) is 1. The van der Waals surface area contributed by atoms with Crippen molar-refractivity contribution in [3.05, 3.63) is 0 Å². The largest absolute Gasteiger partial charge is 0.389 e. The van der Waals surface area contributed by atoms with Gasteiger partial charge in [-0.1, -0.05) is 20.8 Å². The maximum atomic E-state index is 9.66. The zero-order chi connectivity index (χ0) is 10.9. The molecule has 0 rings (SSSR count). The molecule has 0 saturated carbocycles. The van der Waals surface area contributed by atoms with E-state index < -0.39 is 5.60 Å². The fourth-order valence-corrected chi connectivity index (χ4v) is 1.41. The van der Waals surface area contributed by atoms with Crippen LogP contribution in [0, 0.1) is 5.41 Å². The minimum atomic E-state index is -0.603. The summed E-state index contributed by atoms with van der Waals surface area (Å²) in [5.74, 6) is 0. The Labute approximate surface area is 82.9 Å². The second-order valence-electron chi connectivity index (χ2n) is 5.77. The standard InChI is InChI=1S/C11H25NO/c1-9(10(2,3)4)12(7)8-11(5,6)13/h9,13H,8H2,1-7H3. The normalized spacial score (nSPS) is 16.4. The average molecular weight is 187 g/mol. The molecule has 13 heavy (non-hydrogen) atoms. The van der Waals surface area contributed by atoms with Gasteiger partial charge in [-0.15, -0.1) is 0 Å². The molecule has 0 aliphatic rings. The van der Waals surface area contributed by atoms with Crippen LogP contribution in [-0.4, -0.2) is 35.2 Å². The molecule has 0 heterocycles. The molecule has 2 heteroatoms. The zero-order valence-corrected chi connectivity index (χ0v) is 10.2. The Morgan fingerprint density at radius 2 is 1.54 bits per heavy atom. The fraction of sp³-hybridized carbons (Fsp3) is 1.00. The highest BCUT2D eigenvalue weighted by molar-refractivity contribution is 4.81. The van der Waals surface area contributed by atoms with Crippen molar-refractivity contribution < 1.29 is 5.11 Å². The van der Waals surface area contributed by atoms with Crippen molar-refractivity contribution in [3.8, 4) is 0 Å². The molecule has 1 unspecified atom stereocenters. The molecule has 0 radical (unpaired) electrons. The van der Waals surface area contributed by atoms with Crippen molar-refractivity contribution in [3.63, 3.8) is 0 Å². The van der Waals surface area contributed by atoms with Crippen LogP contribution in [0.1, 0.15) is 41.5 Å². The monoisotopic (exact) mass is 187 g/mol. The minimum absolute atomic E-state index is 0.264. The molecule has 0 aliphatic heterocycles. The second-order valence-corrected chi connectivity index (χ2v) is 5.77. The highest BCUT2D eigenvalue weighted by atomic mass is 16.3. The van der Waals surface area contributed by atoms with Crippen molar-refractivity contribution >= 4 is 0 Å². The van der Waals surface area contributed by atoms with Crippen LogP contribution in [0.2, 0.25) is 0 Å². The van der Waals surface area contributed by atoms with Crippen molar-refractivity contribution in [2.24, 2.45) is 5.41 Å². The van der Waals surface area contributed by atoms with Crippen molar-refractivity contribution in [1.82, 2.24) is 4.90 Å². The molecule has 0 saturated heterocycles. The number of hydrogen-bond acceptors (Lipinski definition) is 2. The molecule has 0 amide bonds. The summed E-state index contributed by atoms with van der Waals surface area (Å²) in [6.45, 7) is 13.3. The van der Waals surface area contributed by atoms with Gasteiger partial charge in [0.1, 0.15) is 0 Å². The molecule has 0 aromatic carbocycles. The minimum Gasteiger partial charge on any atom is -0.389 e. The number of nitrogens with zero attached hydrogens (tertiary/aromatic N) is 1. The Kier molecular flexibility index (Phi) is 3.95. The van der Waals surface area contributed by atoms with Crippen LogP contribution < -0.4 is 0 Å². The van der Waals surface area contributed by atoms with Gasteiger partial charge >= 0.3 is 0 Å². The highest BCUT2D eigenvalue weighted by Crippen LogP contribution is 2.23. The van der Waals surface area contributed by atoms with Crippen LogP contribution >= 0.6 is 0 Å². The molecule has 0 aliphatic carbocycles. The Morgan fingerprint density at radius 3 is 1.77 bits per heavy atom. The van der Waals surface area contributed by atoms with Gasteiger partial charge in [0.05, 0.1) is 5.60 Å². The first-order valence-corrected chi connectivity index (χ1v) is 4.96. The third-order valence-electron chi connectivity index (χ3n) is 2.55. The van der Waals surface area contributed by atoms with E-state index in [1.165, 1.54) is 0 Å². The number of aliphatic hydroxyl groups is 1. The van der Waals surface area contributed by atoms with Gasteiger partial charge in [-0.2, -0.15) is 0 Å². The Hall–Kier alpha value is -0.0800. The molecule has 80 valence electrons. The first-order chi connectivity index (χ1) is 5.54. The van der Waals surface area contributed by atoms with E-state index in [-0.39, 0.29) is 5.41 Å². The summed E-state index contributed by atoms with van der Waals surface area (Å²) < 4.78 is 0. The summed E-state index contributed by atoms with van der Waals surface area (Å²) in [5.41, 5.74) is -0.339. The Bertz CT molecular complexity index is 152. The van der Waals surface area contributed by atoms with E-state index in [0.717, 1.165) is 0 Å². The van der Waals surface area contributed by atoms with Crippen LogP contribution in [-0.2, 0) is 0 Å². The quantitative estimate of drug-likeness (QED) is 0.731. The lowest BCUT2D eigenvalue weighted by Gasteiger charge is -2.38.